The number of primary amides is 1. The molecule has 0 radical (unpaired) electrons. The SMILES string of the molecule is COc1ccc(-c2noc(-c3c(OC)cc(F)c(C(N)=O)c3F)n2)c(OC)c1. The van der Waals surface area contributed by atoms with Crippen LogP contribution in [0.4, 0.5) is 8.78 Å². The van der Waals surface area contributed by atoms with E-state index in [0.717, 1.165) is 6.07 Å². The number of hydrogen-bond acceptors (Lipinski definition) is 7. The van der Waals surface area contributed by atoms with Crippen molar-refractivity contribution in [2.24, 2.45) is 5.73 Å². The van der Waals surface area contributed by atoms with Crippen LogP contribution in [0.15, 0.2) is 28.8 Å². The second kappa shape index (κ2) is 7.51. The molecule has 10 heteroatoms. The number of amides is 1. The van der Waals surface area contributed by atoms with Crippen LogP contribution in [0.5, 0.6) is 17.2 Å². The normalized spacial score (nSPS) is 10.6. The molecule has 0 atom stereocenters. The van der Waals surface area contributed by atoms with Crippen molar-refractivity contribution in [1.82, 2.24) is 10.1 Å². The number of nitrogens with two attached hydrogens (primary N) is 1. The van der Waals surface area contributed by atoms with E-state index in [-0.39, 0.29) is 23.0 Å². The van der Waals surface area contributed by atoms with E-state index in [2.05, 4.69) is 10.1 Å². The molecule has 1 heterocycles. The zero-order valence-electron chi connectivity index (χ0n) is 15.1. The number of ether oxygens (including phenoxy) is 3. The van der Waals surface area contributed by atoms with Gasteiger partial charge < -0.3 is 24.5 Å². The van der Waals surface area contributed by atoms with Crippen molar-refractivity contribution in [3.8, 4) is 40.1 Å². The summed E-state index contributed by atoms with van der Waals surface area (Å²) in [6, 6.07) is 5.70. The highest BCUT2D eigenvalue weighted by Crippen LogP contribution is 2.37. The third kappa shape index (κ3) is 3.20. The predicted molar refractivity (Wildman–Crippen MR) is 93.3 cm³/mol. The first-order valence-corrected chi connectivity index (χ1v) is 7.83. The Morgan fingerprint density at radius 3 is 2.39 bits per heavy atom. The number of methoxy groups -OCH3 is 3. The van der Waals surface area contributed by atoms with Crippen LogP contribution in [0.1, 0.15) is 10.4 Å². The zero-order valence-corrected chi connectivity index (χ0v) is 15.1. The Bertz CT molecular complexity index is 1050. The van der Waals surface area contributed by atoms with Gasteiger partial charge in [0.1, 0.15) is 34.2 Å². The largest absolute Gasteiger partial charge is 0.497 e. The highest BCUT2D eigenvalue weighted by atomic mass is 19.1. The van der Waals surface area contributed by atoms with Gasteiger partial charge in [0.15, 0.2) is 5.82 Å². The maximum absolute atomic E-state index is 14.8. The van der Waals surface area contributed by atoms with Gasteiger partial charge in [0, 0.05) is 12.1 Å². The summed E-state index contributed by atoms with van der Waals surface area (Å²) in [5.41, 5.74) is 4.18. The molecular formula is C18H15F2N3O5. The van der Waals surface area contributed by atoms with Gasteiger partial charge in [-0.3, -0.25) is 4.79 Å². The molecule has 28 heavy (non-hydrogen) atoms. The highest BCUT2D eigenvalue weighted by Gasteiger charge is 2.28. The van der Waals surface area contributed by atoms with E-state index in [1.807, 2.05) is 0 Å². The van der Waals surface area contributed by atoms with Crippen molar-refractivity contribution in [1.29, 1.82) is 0 Å². The molecule has 0 unspecified atom stereocenters. The van der Waals surface area contributed by atoms with E-state index in [1.165, 1.54) is 21.3 Å². The van der Waals surface area contributed by atoms with Crippen LogP contribution >= 0.6 is 0 Å². The van der Waals surface area contributed by atoms with E-state index >= 15 is 0 Å². The Kier molecular flexibility index (Phi) is 5.12. The van der Waals surface area contributed by atoms with Crippen molar-refractivity contribution in [3.63, 3.8) is 0 Å². The van der Waals surface area contributed by atoms with E-state index in [4.69, 9.17) is 24.5 Å². The van der Waals surface area contributed by atoms with Crippen LogP contribution in [0.3, 0.4) is 0 Å². The lowest BCUT2D eigenvalue weighted by atomic mass is 10.1. The van der Waals surface area contributed by atoms with E-state index in [0.29, 0.717) is 17.1 Å². The van der Waals surface area contributed by atoms with Crippen molar-refractivity contribution >= 4 is 5.91 Å². The predicted octanol–water partition coefficient (Wildman–Crippen LogP) is 2.81. The first-order chi connectivity index (χ1) is 13.4. The number of hydrogen-bond donors (Lipinski definition) is 1. The second-order valence-electron chi connectivity index (χ2n) is 5.48. The van der Waals surface area contributed by atoms with Gasteiger partial charge in [-0.15, -0.1) is 0 Å². The number of rotatable bonds is 6. The van der Waals surface area contributed by atoms with Gasteiger partial charge in [-0.05, 0) is 12.1 Å². The van der Waals surface area contributed by atoms with Crippen LogP contribution in [0.2, 0.25) is 0 Å². The monoisotopic (exact) mass is 391 g/mol. The first-order valence-electron chi connectivity index (χ1n) is 7.83. The molecule has 0 saturated carbocycles. The summed E-state index contributed by atoms with van der Waals surface area (Å²) in [5.74, 6) is -3.28. The lowest BCUT2D eigenvalue weighted by molar-refractivity contribution is 0.0992. The number of carbonyl (C=O) groups is 1. The Morgan fingerprint density at radius 2 is 1.79 bits per heavy atom. The van der Waals surface area contributed by atoms with E-state index in [1.54, 1.807) is 18.2 Å². The Morgan fingerprint density at radius 1 is 1.07 bits per heavy atom. The third-order valence-electron chi connectivity index (χ3n) is 3.94. The number of nitrogens with zero attached hydrogens (tertiary/aromatic N) is 2. The van der Waals surface area contributed by atoms with Gasteiger partial charge >= 0.3 is 0 Å². The fraction of sp³-hybridized carbons (Fsp3) is 0.167. The summed E-state index contributed by atoms with van der Waals surface area (Å²) in [6.07, 6.45) is 0. The number of aromatic nitrogens is 2. The topological polar surface area (TPSA) is 110 Å². The van der Waals surface area contributed by atoms with E-state index < -0.39 is 23.1 Å². The first kappa shape index (κ1) is 19.1. The number of halogens is 2. The second-order valence-corrected chi connectivity index (χ2v) is 5.48. The highest BCUT2D eigenvalue weighted by molar-refractivity contribution is 5.95. The minimum Gasteiger partial charge on any atom is -0.497 e. The average molecular weight is 391 g/mol. The van der Waals surface area contributed by atoms with Crippen molar-refractivity contribution < 1.29 is 32.3 Å². The summed E-state index contributed by atoms with van der Waals surface area (Å²) >= 11 is 0. The molecule has 0 aliphatic rings. The maximum Gasteiger partial charge on any atom is 0.265 e. The Balaban J connectivity index is 2.15. The smallest absolute Gasteiger partial charge is 0.265 e. The fourth-order valence-electron chi connectivity index (χ4n) is 2.60. The van der Waals surface area contributed by atoms with Crippen molar-refractivity contribution in [2.75, 3.05) is 21.3 Å². The van der Waals surface area contributed by atoms with Crippen molar-refractivity contribution in [2.45, 2.75) is 0 Å². The quantitative estimate of drug-likeness (QED) is 0.688. The van der Waals surface area contributed by atoms with Gasteiger partial charge in [0.2, 0.25) is 5.82 Å². The van der Waals surface area contributed by atoms with Gasteiger partial charge in [0.05, 0.1) is 26.9 Å². The van der Waals surface area contributed by atoms with Gasteiger partial charge in [-0.2, -0.15) is 4.98 Å². The van der Waals surface area contributed by atoms with Gasteiger partial charge in [-0.1, -0.05) is 5.16 Å². The summed E-state index contributed by atoms with van der Waals surface area (Å²) in [6.45, 7) is 0. The molecule has 8 nitrogen and oxygen atoms in total. The molecule has 2 N–H and O–H groups in total. The lowest BCUT2D eigenvalue weighted by Crippen LogP contribution is -2.16. The van der Waals surface area contributed by atoms with E-state index in [9.17, 15) is 13.6 Å². The molecule has 3 aromatic rings. The molecule has 2 aromatic carbocycles. The number of carbonyl (C=O) groups excluding carboxylic acids is 1. The lowest BCUT2D eigenvalue weighted by Gasteiger charge is -2.09. The van der Waals surface area contributed by atoms with Crippen LogP contribution in [-0.4, -0.2) is 37.4 Å². The molecule has 3 rings (SSSR count). The van der Waals surface area contributed by atoms with Crippen LogP contribution in [-0.2, 0) is 0 Å². The molecule has 146 valence electrons. The Labute approximate surface area is 157 Å². The van der Waals surface area contributed by atoms with Gasteiger partial charge in [-0.25, -0.2) is 8.78 Å². The fourth-order valence-corrected chi connectivity index (χ4v) is 2.60. The van der Waals surface area contributed by atoms with Crippen LogP contribution < -0.4 is 19.9 Å². The molecule has 0 saturated heterocycles. The van der Waals surface area contributed by atoms with Crippen LogP contribution in [0, 0.1) is 11.6 Å². The molecule has 1 amide bonds. The standard InChI is InChI=1S/C18H15F2N3O5/c1-25-8-4-5-9(11(6-8)26-2)17-22-18(28-23-17)14-12(27-3)7-10(19)13(15(14)20)16(21)24/h4-7H,1-3H3,(H2,21,24). The molecule has 0 aliphatic carbocycles. The molecule has 0 spiro atoms. The van der Waals surface area contributed by atoms with Gasteiger partial charge in [0.25, 0.3) is 11.8 Å². The Hall–Kier alpha value is -3.69. The molecule has 0 aliphatic heterocycles. The zero-order chi connectivity index (χ0) is 20.4. The third-order valence-corrected chi connectivity index (χ3v) is 3.94. The average Bonchev–Trinajstić information content (AvgIpc) is 3.15. The summed E-state index contributed by atoms with van der Waals surface area (Å²) in [7, 11) is 4.15. The molecule has 0 bridgehead atoms. The molecular weight excluding hydrogens is 376 g/mol. The number of benzene rings is 2. The molecule has 0 fully saturated rings. The molecule has 1 aromatic heterocycles. The minimum absolute atomic E-state index is 0.0703. The van der Waals surface area contributed by atoms with Crippen molar-refractivity contribution in [3.05, 3.63) is 41.5 Å². The summed E-state index contributed by atoms with van der Waals surface area (Å²) in [5, 5.41) is 3.80. The minimum atomic E-state index is -1.28. The van der Waals surface area contributed by atoms with Crippen LogP contribution in [0.25, 0.3) is 22.8 Å². The maximum atomic E-state index is 14.8. The summed E-state index contributed by atoms with van der Waals surface area (Å²) < 4.78 is 49.3. The summed E-state index contributed by atoms with van der Waals surface area (Å²) in [4.78, 5) is 15.5.